The van der Waals surface area contributed by atoms with E-state index in [2.05, 4.69) is 10.6 Å². The van der Waals surface area contributed by atoms with E-state index in [1.54, 1.807) is 12.1 Å². The second kappa shape index (κ2) is 5.99. The molecule has 128 valence electrons. The number of hydrogen-bond donors (Lipinski definition) is 2. The molecule has 2 heterocycles. The Morgan fingerprint density at radius 3 is 2.75 bits per heavy atom. The molecule has 0 aliphatic carbocycles. The Labute approximate surface area is 139 Å². The third-order valence-electron chi connectivity index (χ3n) is 4.25. The summed E-state index contributed by atoms with van der Waals surface area (Å²) in [5.41, 5.74) is 0.628. The van der Waals surface area contributed by atoms with Gasteiger partial charge in [0.05, 0.1) is 29.0 Å². The molecule has 0 aromatic heterocycles. The summed E-state index contributed by atoms with van der Waals surface area (Å²) in [6.07, 6.45) is 2.28. The summed E-state index contributed by atoms with van der Waals surface area (Å²) in [6, 6.07) is 4.64. The molecule has 2 aliphatic rings. The molecule has 2 aliphatic heterocycles. The monoisotopic (exact) mass is 351 g/mol. The molecule has 1 atom stereocenters. The minimum Gasteiger partial charge on any atom is -0.325 e. The van der Waals surface area contributed by atoms with Crippen molar-refractivity contribution in [3.63, 3.8) is 0 Å². The summed E-state index contributed by atoms with van der Waals surface area (Å²) in [5.74, 6) is -1.90. The number of imide groups is 1. The van der Waals surface area contributed by atoms with Gasteiger partial charge in [-0.3, -0.25) is 19.7 Å². The molecule has 1 fully saturated rings. The Bertz CT molecular complexity index is 834. The van der Waals surface area contributed by atoms with Crippen LogP contribution in [0.5, 0.6) is 0 Å². The van der Waals surface area contributed by atoms with Crippen LogP contribution >= 0.6 is 0 Å². The van der Waals surface area contributed by atoms with Crippen LogP contribution in [0.25, 0.3) is 0 Å². The first-order chi connectivity index (χ1) is 11.3. The van der Waals surface area contributed by atoms with Crippen molar-refractivity contribution in [3.8, 4) is 0 Å². The van der Waals surface area contributed by atoms with Crippen molar-refractivity contribution >= 4 is 33.4 Å². The predicted octanol–water partition coefficient (Wildman–Crippen LogP) is 0.180. The van der Waals surface area contributed by atoms with Crippen molar-refractivity contribution in [1.82, 2.24) is 9.62 Å². The zero-order chi connectivity index (χ0) is 17.5. The Hall–Kier alpha value is -2.26. The first-order valence-corrected chi connectivity index (χ1v) is 9.37. The number of anilines is 1. The van der Waals surface area contributed by atoms with Gasteiger partial charge in [0.1, 0.15) is 0 Å². The number of hydrogen-bond acceptors (Lipinski definition) is 5. The van der Waals surface area contributed by atoms with Crippen molar-refractivity contribution in [2.45, 2.75) is 12.8 Å². The van der Waals surface area contributed by atoms with Gasteiger partial charge in [-0.15, -0.1) is 0 Å². The number of amides is 3. The number of benzene rings is 1. The first kappa shape index (κ1) is 16.6. The second-order valence-corrected chi connectivity index (χ2v) is 7.94. The van der Waals surface area contributed by atoms with Crippen molar-refractivity contribution in [1.29, 1.82) is 0 Å². The van der Waals surface area contributed by atoms with E-state index < -0.39 is 27.8 Å². The van der Waals surface area contributed by atoms with Crippen molar-refractivity contribution in [2.24, 2.45) is 5.92 Å². The van der Waals surface area contributed by atoms with E-state index in [-0.39, 0.29) is 29.3 Å². The molecule has 2 N–H and O–H groups in total. The van der Waals surface area contributed by atoms with Crippen LogP contribution in [0, 0.1) is 5.92 Å². The third kappa shape index (κ3) is 3.04. The van der Waals surface area contributed by atoms with Crippen LogP contribution in [0.4, 0.5) is 5.69 Å². The second-order valence-electron chi connectivity index (χ2n) is 5.96. The number of nitrogens with one attached hydrogen (secondary N) is 2. The van der Waals surface area contributed by atoms with Crippen LogP contribution in [0.3, 0.4) is 0 Å². The quantitative estimate of drug-likeness (QED) is 0.755. The van der Waals surface area contributed by atoms with E-state index in [4.69, 9.17) is 0 Å². The van der Waals surface area contributed by atoms with Crippen molar-refractivity contribution < 1.29 is 22.8 Å². The van der Waals surface area contributed by atoms with E-state index in [0.29, 0.717) is 19.4 Å². The maximum absolute atomic E-state index is 12.5. The van der Waals surface area contributed by atoms with Crippen LogP contribution < -0.4 is 10.6 Å². The molecule has 0 radical (unpaired) electrons. The minimum absolute atomic E-state index is 0.116. The molecule has 9 heteroatoms. The number of piperidine rings is 1. The highest BCUT2D eigenvalue weighted by Gasteiger charge is 2.33. The van der Waals surface area contributed by atoms with E-state index in [9.17, 15) is 22.8 Å². The Morgan fingerprint density at radius 1 is 1.29 bits per heavy atom. The molecule has 3 amide bonds. The van der Waals surface area contributed by atoms with Gasteiger partial charge >= 0.3 is 0 Å². The minimum atomic E-state index is -3.35. The van der Waals surface area contributed by atoms with E-state index >= 15 is 0 Å². The molecule has 3 rings (SSSR count). The molecule has 0 bridgehead atoms. The van der Waals surface area contributed by atoms with Crippen LogP contribution in [0.15, 0.2) is 18.2 Å². The summed E-state index contributed by atoms with van der Waals surface area (Å²) < 4.78 is 24.6. The summed E-state index contributed by atoms with van der Waals surface area (Å²) in [4.78, 5) is 36.0. The zero-order valence-electron chi connectivity index (χ0n) is 13.0. The Morgan fingerprint density at radius 2 is 2.04 bits per heavy atom. The van der Waals surface area contributed by atoms with Crippen LogP contribution in [0.1, 0.15) is 33.6 Å². The average Bonchev–Trinajstić information content (AvgIpc) is 2.82. The summed E-state index contributed by atoms with van der Waals surface area (Å²) in [5, 5.41) is 4.85. The number of nitrogens with zero attached hydrogens (tertiary/aromatic N) is 1. The van der Waals surface area contributed by atoms with Gasteiger partial charge in [-0.1, -0.05) is 6.07 Å². The maximum atomic E-state index is 12.5. The lowest BCUT2D eigenvalue weighted by Crippen LogP contribution is -2.43. The van der Waals surface area contributed by atoms with Crippen LogP contribution in [-0.4, -0.2) is 49.8 Å². The Balaban J connectivity index is 1.79. The lowest BCUT2D eigenvalue weighted by Gasteiger charge is -2.30. The van der Waals surface area contributed by atoms with Crippen LogP contribution in [0.2, 0.25) is 0 Å². The van der Waals surface area contributed by atoms with Gasteiger partial charge in [-0.05, 0) is 25.0 Å². The molecule has 1 aromatic carbocycles. The molecule has 24 heavy (non-hydrogen) atoms. The lowest BCUT2D eigenvalue weighted by molar-refractivity contribution is -0.120. The molecule has 1 saturated heterocycles. The van der Waals surface area contributed by atoms with Gasteiger partial charge < -0.3 is 5.32 Å². The fourth-order valence-electron chi connectivity index (χ4n) is 3.02. The summed E-state index contributed by atoms with van der Waals surface area (Å²) >= 11 is 0. The van der Waals surface area contributed by atoms with Gasteiger partial charge in [0.2, 0.25) is 15.9 Å². The summed E-state index contributed by atoms with van der Waals surface area (Å²) in [7, 11) is -3.35. The topological polar surface area (TPSA) is 113 Å². The van der Waals surface area contributed by atoms with Crippen LogP contribution in [-0.2, 0) is 14.8 Å². The fourth-order valence-corrected chi connectivity index (χ4v) is 3.93. The molecular formula is C15H17N3O5S. The van der Waals surface area contributed by atoms with Gasteiger partial charge in [0.25, 0.3) is 11.8 Å². The molecule has 1 unspecified atom stereocenters. The molecule has 0 saturated carbocycles. The maximum Gasteiger partial charge on any atom is 0.261 e. The largest absolute Gasteiger partial charge is 0.325 e. The highest BCUT2D eigenvalue weighted by atomic mass is 32.2. The molecule has 1 aromatic rings. The van der Waals surface area contributed by atoms with E-state index in [0.717, 1.165) is 6.26 Å². The zero-order valence-corrected chi connectivity index (χ0v) is 13.9. The lowest BCUT2D eigenvalue weighted by atomic mass is 9.98. The molecule has 8 nitrogen and oxygen atoms in total. The van der Waals surface area contributed by atoms with E-state index in [1.807, 2.05) is 0 Å². The average molecular weight is 351 g/mol. The van der Waals surface area contributed by atoms with Crippen molar-refractivity contribution in [2.75, 3.05) is 24.7 Å². The first-order valence-electron chi connectivity index (χ1n) is 7.52. The highest BCUT2D eigenvalue weighted by molar-refractivity contribution is 7.88. The van der Waals surface area contributed by atoms with Crippen molar-refractivity contribution in [3.05, 3.63) is 29.3 Å². The van der Waals surface area contributed by atoms with Gasteiger partial charge in [0.15, 0.2) is 0 Å². The number of rotatable bonds is 3. The number of sulfonamides is 1. The standard InChI is InChI=1S/C15H17N3O5S/c1-24(22,23)18-7-3-4-9(8-18)13(19)16-11-6-2-5-10-12(11)15(21)17-14(10)20/h2,5-6,9H,3-4,7-8H2,1H3,(H,16,19)(H,17,20,21). The summed E-state index contributed by atoms with van der Waals surface area (Å²) in [6.45, 7) is 0.519. The molecule has 0 spiro atoms. The molecular weight excluding hydrogens is 334 g/mol. The number of carbonyl (C=O) groups is 3. The van der Waals surface area contributed by atoms with Gasteiger partial charge in [0, 0.05) is 13.1 Å². The number of fused-ring (bicyclic) bond motifs is 1. The highest BCUT2D eigenvalue weighted by Crippen LogP contribution is 2.26. The SMILES string of the molecule is CS(=O)(=O)N1CCCC(C(=O)Nc2cccc3c2C(=O)NC3=O)C1. The third-order valence-corrected chi connectivity index (χ3v) is 5.51. The van der Waals surface area contributed by atoms with Gasteiger partial charge in [-0.25, -0.2) is 12.7 Å². The normalized spacial score (nSPS) is 21.3. The van der Waals surface area contributed by atoms with Gasteiger partial charge in [-0.2, -0.15) is 0 Å². The number of carbonyl (C=O) groups excluding carboxylic acids is 3. The Kier molecular flexibility index (Phi) is 4.14. The van der Waals surface area contributed by atoms with E-state index in [1.165, 1.54) is 10.4 Å². The smallest absolute Gasteiger partial charge is 0.261 e. The fraction of sp³-hybridized carbons (Fsp3) is 0.400. The predicted molar refractivity (Wildman–Crippen MR) is 86.0 cm³/mol.